The van der Waals surface area contributed by atoms with E-state index < -0.39 is 6.67 Å². The van der Waals surface area contributed by atoms with Crippen LogP contribution in [0.1, 0.15) is 103 Å². The number of hydrogen-bond acceptors (Lipinski definition) is 3. The Bertz CT molecular complexity index is 1080. The molecule has 3 aromatic rings. The highest BCUT2D eigenvalue weighted by Crippen LogP contribution is 2.43. The van der Waals surface area contributed by atoms with Gasteiger partial charge < -0.3 is 14.2 Å². The summed E-state index contributed by atoms with van der Waals surface area (Å²) in [5, 5.41) is 2.11. The lowest BCUT2D eigenvalue weighted by molar-refractivity contribution is 0.278. The van der Waals surface area contributed by atoms with E-state index in [1.807, 2.05) is 30.3 Å². The Morgan fingerprint density at radius 1 is 0.538 bits per heavy atom. The molecule has 214 valence electrons. The molecule has 0 radical (unpaired) electrons. The maximum atomic E-state index is 13.2. The lowest BCUT2D eigenvalue weighted by atomic mass is 9.98. The first-order chi connectivity index (χ1) is 19.2. The average Bonchev–Trinajstić information content (AvgIpc) is 2.96. The zero-order valence-electron chi connectivity index (χ0n) is 24.5. The fraction of sp³-hybridized carbons (Fsp3) is 0.543. The topological polar surface area (TPSA) is 27.7 Å². The molecular formula is C35H49FO3. The minimum Gasteiger partial charge on any atom is -0.493 e. The number of ether oxygens (including phenoxy) is 3. The average molecular weight is 537 g/mol. The molecule has 0 aliphatic carbocycles. The fourth-order valence-corrected chi connectivity index (χ4v) is 4.84. The standard InChI is InChI=1S/C35H49FO3/c1-4-7-10-13-20-37-32-25-33(38-21-14-11-8-5-2)35(34(26-32)39-22-15-12-9-6-3)31-19-18-29-23-28(27-36)16-17-30(29)24-31/h16-19,23-26H,4-15,20-22,27H2,1-3H3. The van der Waals surface area contributed by atoms with Crippen molar-refractivity contribution >= 4 is 10.8 Å². The van der Waals surface area contributed by atoms with Gasteiger partial charge in [0.2, 0.25) is 0 Å². The van der Waals surface area contributed by atoms with Gasteiger partial charge >= 0.3 is 0 Å². The van der Waals surface area contributed by atoms with Crippen LogP contribution in [0, 0.1) is 0 Å². The number of hydrogen-bond donors (Lipinski definition) is 0. The van der Waals surface area contributed by atoms with Gasteiger partial charge in [-0.1, -0.05) is 103 Å². The third-order valence-corrected chi connectivity index (χ3v) is 7.16. The normalized spacial score (nSPS) is 11.2. The van der Waals surface area contributed by atoms with Crippen LogP contribution in [0.2, 0.25) is 0 Å². The molecule has 39 heavy (non-hydrogen) atoms. The summed E-state index contributed by atoms with van der Waals surface area (Å²) < 4.78 is 32.3. The van der Waals surface area contributed by atoms with Crippen LogP contribution < -0.4 is 14.2 Å². The molecule has 0 atom stereocenters. The summed E-state index contributed by atoms with van der Waals surface area (Å²) in [6.45, 7) is 8.23. The van der Waals surface area contributed by atoms with Crippen molar-refractivity contribution in [3.8, 4) is 28.4 Å². The molecule has 0 fully saturated rings. The second kappa shape index (κ2) is 17.8. The molecule has 0 unspecified atom stereocenters. The zero-order chi connectivity index (χ0) is 27.7. The number of alkyl halides is 1. The quantitative estimate of drug-likeness (QED) is 0.134. The first kappa shape index (κ1) is 30.8. The largest absolute Gasteiger partial charge is 0.493 e. The van der Waals surface area contributed by atoms with Crippen molar-refractivity contribution in [1.82, 2.24) is 0 Å². The fourth-order valence-electron chi connectivity index (χ4n) is 4.84. The van der Waals surface area contributed by atoms with E-state index in [2.05, 4.69) is 39.0 Å². The van der Waals surface area contributed by atoms with Gasteiger partial charge in [0.15, 0.2) is 0 Å². The first-order valence-corrected chi connectivity index (χ1v) is 15.4. The predicted octanol–water partition coefficient (Wildman–Crippen LogP) is 10.9. The first-order valence-electron chi connectivity index (χ1n) is 15.4. The van der Waals surface area contributed by atoms with Crippen molar-refractivity contribution < 1.29 is 18.6 Å². The Kier molecular flexibility index (Phi) is 14.0. The molecule has 0 spiro atoms. The van der Waals surface area contributed by atoms with E-state index in [0.717, 1.165) is 71.3 Å². The van der Waals surface area contributed by atoms with Crippen LogP contribution in [-0.2, 0) is 6.67 Å². The Labute approximate surface area is 236 Å². The summed E-state index contributed by atoms with van der Waals surface area (Å²) in [5.41, 5.74) is 2.70. The Balaban J connectivity index is 1.95. The summed E-state index contributed by atoms with van der Waals surface area (Å²) in [6, 6.07) is 16.2. The van der Waals surface area contributed by atoms with Gasteiger partial charge in [-0.2, -0.15) is 0 Å². The minimum absolute atomic E-state index is 0.455. The van der Waals surface area contributed by atoms with Crippen LogP contribution in [-0.4, -0.2) is 19.8 Å². The van der Waals surface area contributed by atoms with Crippen molar-refractivity contribution in [3.05, 3.63) is 54.1 Å². The van der Waals surface area contributed by atoms with E-state index in [-0.39, 0.29) is 0 Å². The second-order valence-electron chi connectivity index (χ2n) is 10.6. The van der Waals surface area contributed by atoms with Crippen LogP contribution in [0.5, 0.6) is 17.2 Å². The van der Waals surface area contributed by atoms with E-state index >= 15 is 0 Å². The van der Waals surface area contributed by atoms with Gasteiger partial charge in [-0.05, 0) is 53.3 Å². The maximum Gasteiger partial charge on any atom is 0.134 e. The van der Waals surface area contributed by atoms with Gasteiger partial charge in [-0.3, -0.25) is 0 Å². The molecule has 0 amide bonds. The van der Waals surface area contributed by atoms with Crippen LogP contribution in [0.4, 0.5) is 4.39 Å². The van der Waals surface area contributed by atoms with Gasteiger partial charge in [0, 0.05) is 12.1 Å². The van der Waals surface area contributed by atoms with Crippen LogP contribution in [0.25, 0.3) is 21.9 Å². The van der Waals surface area contributed by atoms with E-state index in [1.54, 1.807) is 0 Å². The summed E-state index contributed by atoms with van der Waals surface area (Å²) in [5.74, 6) is 2.41. The van der Waals surface area contributed by atoms with E-state index in [1.165, 1.54) is 44.9 Å². The van der Waals surface area contributed by atoms with E-state index in [9.17, 15) is 4.39 Å². The van der Waals surface area contributed by atoms with Crippen molar-refractivity contribution in [2.24, 2.45) is 0 Å². The zero-order valence-corrected chi connectivity index (χ0v) is 24.5. The highest BCUT2D eigenvalue weighted by molar-refractivity contribution is 5.90. The van der Waals surface area contributed by atoms with Gasteiger partial charge in [-0.25, -0.2) is 4.39 Å². The molecule has 0 bridgehead atoms. The van der Waals surface area contributed by atoms with Crippen LogP contribution in [0.15, 0.2) is 48.5 Å². The van der Waals surface area contributed by atoms with E-state index in [4.69, 9.17) is 14.2 Å². The van der Waals surface area contributed by atoms with Gasteiger partial charge in [0.1, 0.15) is 23.9 Å². The molecule has 0 aliphatic rings. The second-order valence-corrected chi connectivity index (χ2v) is 10.6. The SMILES string of the molecule is CCCCCCOc1cc(OCCCCCC)c(-c2ccc3cc(CF)ccc3c2)c(OCCCCCC)c1. The Morgan fingerprint density at radius 3 is 1.59 bits per heavy atom. The highest BCUT2D eigenvalue weighted by atomic mass is 19.1. The Morgan fingerprint density at radius 2 is 1.05 bits per heavy atom. The van der Waals surface area contributed by atoms with Crippen molar-refractivity contribution in [2.45, 2.75) is 104 Å². The number of rotatable bonds is 20. The molecule has 3 aromatic carbocycles. The summed E-state index contributed by atoms with van der Waals surface area (Å²) >= 11 is 0. The number of benzene rings is 3. The molecule has 3 nitrogen and oxygen atoms in total. The van der Waals surface area contributed by atoms with Crippen molar-refractivity contribution in [2.75, 3.05) is 19.8 Å². The summed E-state index contributed by atoms with van der Waals surface area (Å²) in [7, 11) is 0. The van der Waals surface area contributed by atoms with Gasteiger partial charge in [-0.15, -0.1) is 0 Å². The van der Waals surface area contributed by atoms with E-state index in [0.29, 0.717) is 25.4 Å². The van der Waals surface area contributed by atoms with Crippen LogP contribution in [0.3, 0.4) is 0 Å². The molecule has 4 heteroatoms. The Hall–Kier alpha value is -2.75. The van der Waals surface area contributed by atoms with Gasteiger partial charge in [0.25, 0.3) is 0 Å². The molecule has 0 N–H and O–H groups in total. The van der Waals surface area contributed by atoms with Crippen LogP contribution >= 0.6 is 0 Å². The monoisotopic (exact) mass is 536 g/mol. The lowest BCUT2D eigenvalue weighted by Gasteiger charge is -2.19. The molecule has 0 aliphatic heterocycles. The van der Waals surface area contributed by atoms with Crippen molar-refractivity contribution in [1.29, 1.82) is 0 Å². The molecule has 0 aromatic heterocycles. The molecule has 0 saturated carbocycles. The molecular weight excluding hydrogens is 487 g/mol. The van der Waals surface area contributed by atoms with Gasteiger partial charge in [0.05, 0.1) is 25.4 Å². The lowest BCUT2D eigenvalue weighted by Crippen LogP contribution is -2.05. The number of halogens is 1. The maximum absolute atomic E-state index is 13.2. The third-order valence-electron chi connectivity index (χ3n) is 7.16. The minimum atomic E-state index is -0.455. The third kappa shape index (κ3) is 10.1. The summed E-state index contributed by atoms with van der Waals surface area (Å²) in [4.78, 5) is 0. The highest BCUT2D eigenvalue weighted by Gasteiger charge is 2.18. The number of fused-ring (bicyclic) bond motifs is 1. The summed E-state index contributed by atoms with van der Waals surface area (Å²) in [6.07, 6.45) is 13.9. The number of unbranched alkanes of at least 4 members (excludes halogenated alkanes) is 9. The van der Waals surface area contributed by atoms with Crippen molar-refractivity contribution in [3.63, 3.8) is 0 Å². The molecule has 0 heterocycles. The molecule has 3 rings (SSSR count). The molecule has 0 saturated heterocycles. The smallest absolute Gasteiger partial charge is 0.134 e. The predicted molar refractivity (Wildman–Crippen MR) is 163 cm³/mol.